The first kappa shape index (κ1) is 15.8. The lowest BCUT2D eigenvalue weighted by Crippen LogP contribution is -1.91. The molecule has 0 radical (unpaired) electrons. The van der Waals surface area contributed by atoms with E-state index in [1.807, 2.05) is 60.7 Å². The Kier molecular flexibility index (Phi) is 4.92. The summed E-state index contributed by atoms with van der Waals surface area (Å²) in [6, 6.07) is 23.9. The van der Waals surface area contributed by atoms with Gasteiger partial charge in [-0.15, -0.1) is 0 Å². The highest BCUT2D eigenvalue weighted by atomic mass is 16.5. The lowest BCUT2D eigenvalue weighted by molar-refractivity contribution is 0.482. The largest absolute Gasteiger partial charge is 0.457 e. The molecular weight excluding hydrogens is 296 g/mol. The molecule has 0 saturated carbocycles. The van der Waals surface area contributed by atoms with Crippen LogP contribution in [-0.4, -0.2) is 6.21 Å². The summed E-state index contributed by atoms with van der Waals surface area (Å²) in [6.07, 6.45) is 1.79. The third-order valence-corrected chi connectivity index (χ3v) is 3.60. The summed E-state index contributed by atoms with van der Waals surface area (Å²) in [5.74, 6) is 1.64. The van der Waals surface area contributed by atoms with Crippen molar-refractivity contribution in [1.82, 2.24) is 0 Å². The molecule has 0 spiro atoms. The fourth-order valence-electron chi connectivity index (χ4n) is 2.17. The van der Waals surface area contributed by atoms with E-state index < -0.39 is 0 Å². The summed E-state index contributed by atoms with van der Waals surface area (Å²) in [6.45, 7) is 4.12. The number of hydrogen-bond donors (Lipinski definition) is 1. The van der Waals surface area contributed by atoms with Crippen molar-refractivity contribution in [3.63, 3.8) is 0 Å². The minimum Gasteiger partial charge on any atom is -0.457 e. The van der Waals surface area contributed by atoms with E-state index >= 15 is 0 Å². The van der Waals surface area contributed by atoms with Crippen molar-refractivity contribution in [1.29, 1.82) is 0 Å². The Labute approximate surface area is 142 Å². The Morgan fingerprint density at radius 3 is 1.79 bits per heavy atom. The molecule has 3 aromatic carbocycles. The minimum atomic E-state index is 0.808. The Morgan fingerprint density at radius 2 is 1.21 bits per heavy atom. The summed E-state index contributed by atoms with van der Waals surface area (Å²) in [5, 5.41) is 4.25. The van der Waals surface area contributed by atoms with Crippen molar-refractivity contribution in [3.05, 3.63) is 89.5 Å². The Balaban J connectivity index is 1.58. The molecule has 0 aliphatic rings. The number of hydrazone groups is 1. The van der Waals surface area contributed by atoms with E-state index in [1.165, 1.54) is 11.1 Å². The molecule has 0 bridgehead atoms. The molecule has 120 valence electrons. The summed E-state index contributed by atoms with van der Waals surface area (Å²) in [7, 11) is 0. The second-order valence-corrected chi connectivity index (χ2v) is 5.72. The van der Waals surface area contributed by atoms with Gasteiger partial charge in [0, 0.05) is 0 Å². The lowest BCUT2D eigenvalue weighted by atomic mass is 10.2. The molecule has 0 fully saturated rings. The highest BCUT2D eigenvalue weighted by Gasteiger charge is 1.97. The summed E-state index contributed by atoms with van der Waals surface area (Å²) >= 11 is 0. The molecule has 0 atom stereocenters. The van der Waals surface area contributed by atoms with Crippen molar-refractivity contribution < 1.29 is 4.74 Å². The lowest BCUT2D eigenvalue weighted by Gasteiger charge is -2.06. The fraction of sp³-hybridized carbons (Fsp3) is 0.0952. The third-order valence-electron chi connectivity index (χ3n) is 3.60. The van der Waals surface area contributed by atoms with Crippen LogP contribution in [0.3, 0.4) is 0 Å². The van der Waals surface area contributed by atoms with Crippen molar-refractivity contribution in [2.75, 3.05) is 5.43 Å². The summed E-state index contributed by atoms with van der Waals surface area (Å²) < 4.78 is 5.81. The normalized spacial score (nSPS) is 10.8. The van der Waals surface area contributed by atoms with Gasteiger partial charge < -0.3 is 4.74 Å². The summed E-state index contributed by atoms with van der Waals surface area (Å²) in [5.41, 5.74) is 7.44. The summed E-state index contributed by atoms with van der Waals surface area (Å²) in [4.78, 5) is 0. The van der Waals surface area contributed by atoms with Gasteiger partial charge in [0.05, 0.1) is 11.9 Å². The molecule has 3 nitrogen and oxygen atoms in total. The number of benzene rings is 3. The molecule has 1 N–H and O–H groups in total. The van der Waals surface area contributed by atoms with Crippen LogP contribution in [0.2, 0.25) is 0 Å². The maximum atomic E-state index is 5.81. The van der Waals surface area contributed by atoms with Gasteiger partial charge in [-0.3, -0.25) is 5.43 Å². The van der Waals surface area contributed by atoms with Crippen LogP contribution < -0.4 is 10.2 Å². The van der Waals surface area contributed by atoms with Crippen LogP contribution in [0.25, 0.3) is 0 Å². The first-order valence-corrected chi connectivity index (χ1v) is 7.89. The van der Waals surface area contributed by atoms with Crippen LogP contribution in [0.15, 0.2) is 77.9 Å². The number of ether oxygens (including phenoxy) is 1. The van der Waals surface area contributed by atoms with E-state index in [9.17, 15) is 0 Å². The maximum absolute atomic E-state index is 5.81. The number of rotatable bonds is 5. The van der Waals surface area contributed by atoms with E-state index in [2.05, 4.69) is 36.5 Å². The van der Waals surface area contributed by atoms with Crippen molar-refractivity contribution in [3.8, 4) is 11.5 Å². The zero-order valence-corrected chi connectivity index (χ0v) is 13.9. The molecule has 24 heavy (non-hydrogen) atoms. The quantitative estimate of drug-likeness (QED) is 0.495. The highest BCUT2D eigenvalue weighted by Crippen LogP contribution is 2.21. The molecule has 0 aliphatic carbocycles. The average molecular weight is 316 g/mol. The van der Waals surface area contributed by atoms with Crippen molar-refractivity contribution in [2.24, 2.45) is 5.10 Å². The predicted octanol–water partition coefficient (Wildman–Crippen LogP) is 5.54. The van der Waals surface area contributed by atoms with Gasteiger partial charge in [-0.25, -0.2) is 0 Å². The maximum Gasteiger partial charge on any atom is 0.127 e. The SMILES string of the molecule is Cc1ccc(NN=Cc2ccc(Oc3ccc(C)cc3)cc2)cc1. The second kappa shape index (κ2) is 7.47. The van der Waals surface area contributed by atoms with Gasteiger partial charge in [0.15, 0.2) is 0 Å². The van der Waals surface area contributed by atoms with Gasteiger partial charge in [0.25, 0.3) is 0 Å². The van der Waals surface area contributed by atoms with Gasteiger partial charge in [-0.2, -0.15) is 5.10 Å². The number of hydrogen-bond acceptors (Lipinski definition) is 3. The van der Waals surface area contributed by atoms with Crippen LogP contribution in [0.5, 0.6) is 11.5 Å². The van der Waals surface area contributed by atoms with Crippen LogP contribution in [-0.2, 0) is 0 Å². The molecule has 0 aliphatic heterocycles. The zero-order chi connectivity index (χ0) is 16.8. The molecule has 0 aromatic heterocycles. The molecule has 0 unspecified atom stereocenters. The van der Waals surface area contributed by atoms with Crippen LogP contribution in [0.4, 0.5) is 5.69 Å². The first-order valence-electron chi connectivity index (χ1n) is 7.89. The number of aryl methyl sites for hydroxylation is 2. The Morgan fingerprint density at radius 1 is 0.708 bits per heavy atom. The molecule has 0 amide bonds. The number of anilines is 1. The van der Waals surface area contributed by atoms with Gasteiger partial charge in [0.2, 0.25) is 0 Å². The number of nitrogens with one attached hydrogen (secondary N) is 1. The number of nitrogens with zero attached hydrogens (tertiary/aromatic N) is 1. The Hall–Kier alpha value is -3.07. The molecule has 0 saturated heterocycles. The van der Waals surface area contributed by atoms with E-state index in [0.29, 0.717) is 0 Å². The van der Waals surface area contributed by atoms with Gasteiger partial charge in [-0.05, 0) is 67.9 Å². The van der Waals surface area contributed by atoms with Crippen molar-refractivity contribution >= 4 is 11.9 Å². The van der Waals surface area contributed by atoms with E-state index in [1.54, 1.807) is 6.21 Å². The van der Waals surface area contributed by atoms with Gasteiger partial charge in [0.1, 0.15) is 11.5 Å². The second-order valence-electron chi connectivity index (χ2n) is 5.72. The van der Waals surface area contributed by atoms with Crippen LogP contribution in [0, 0.1) is 13.8 Å². The van der Waals surface area contributed by atoms with Gasteiger partial charge in [-0.1, -0.05) is 35.4 Å². The van der Waals surface area contributed by atoms with Crippen LogP contribution in [0.1, 0.15) is 16.7 Å². The molecule has 3 heteroatoms. The van der Waals surface area contributed by atoms with E-state index in [0.717, 1.165) is 22.7 Å². The van der Waals surface area contributed by atoms with Crippen molar-refractivity contribution in [2.45, 2.75) is 13.8 Å². The highest BCUT2D eigenvalue weighted by molar-refractivity contribution is 5.80. The molecule has 3 aromatic rings. The van der Waals surface area contributed by atoms with E-state index in [4.69, 9.17) is 4.74 Å². The topological polar surface area (TPSA) is 33.6 Å². The third kappa shape index (κ3) is 4.46. The monoisotopic (exact) mass is 316 g/mol. The first-order chi connectivity index (χ1) is 11.7. The molecule has 3 rings (SSSR count). The predicted molar refractivity (Wildman–Crippen MR) is 100 cm³/mol. The smallest absolute Gasteiger partial charge is 0.127 e. The standard InChI is InChI=1S/C21H20N2O/c1-16-3-9-19(10-4-16)23-22-15-18-7-13-21(14-8-18)24-20-11-5-17(2)6-12-20/h3-15,23H,1-2H3. The van der Waals surface area contributed by atoms with Gasteiger partial charge >= 0.3 is 0 Å². The molecule has 0 heterocycles. The average Bonchev–Trinajstić information content (AvgIpc) is 2.60. The minimum absolute atomic E-state index is 0.808. The molecular formula is C21H20N2O. The zero-order valence-electron chi connectivity index (χ0n) is 13.9. The Bertz CT molecular complexity index is 804. The van der Waals surface area contributed by atoms with Crippen LogP contribution >= 0.6 is 0 Å². The van der Waals surface area contributed by atoms with E-state index in [-0.39, 0.29) is 0 Å². The fourth-order valence-corrected chi connectivity index (χ4v) is 2.17.